The van der Waals surface area contributed by atoms with E-state index >= 15 is 0 Å². The zero-order valence-corrected chi connectivity index (χ0v) is 13.8. The average molecular weight is 335 g/mol. The molecule has 2 nitrogen and oxygen atoms in total. The van der Waals surface area contributed by atoms with E-state index in [1.54, 1.807) is 17.8 Å². The molecule has 1 heterocycles. The summed E-state index contributed by atoms with van der Waals surface area (Å²) in [5.41, 5.74) is 1.52. The van der Waals surface area contributed by atoms with Gasteiger partial charge in [0.25, 0.3) is 0 Å². The fraction of sp³-hybridized carbons (Fsp3) is 0.500. The van der Waals surface area contributed by atoms with Crippen LogP contribution in [0, 0.1) is 5.82 Å². The van der Waals surface area contributed by atoms with Crippen molar-refractivity contribution in [3.63, 3.8) is 0 Å². The van der Waals surface area contributed by atoms with E-state index in [2.05, 4.69) is 22.7 Å². The number of fused-ring (bicyclic) bond motifs is 1. The third-order valence-electron chi connectivity index (χ3n) is 3.30. The lowest BCUT2D eigenvalue weighted by Crippen LogP contribution is -2.11. The molecule has 0 radical (unpaired) electrons. The fourth-order valence-corrected chi connectivity index (χ4v) is 3.21. The van der Waals surface area contributed by atoms with Gasteiger partial charge in [-0.15, -0.1) is 11.6 Å². The Morgan fingerprint density at radius 3 is 2.85 bits per heavy atom. The summed E-state index contributed by atoms with van der Waals surface area (Å²) in [7, 11) is 0. The quantitative estimate of drug-likeness (QED) is 0.697. The van der Waals surface area contributed by atoms with Gasteiger partial charge in [-0.05, 0) is 31.4 Å². The van der Waals surface area contributed by atoms with Gasteiger partial charge >= 0.3 is 0 Å². The summed E-state index contributed by atoms with van der Waals surface area (Å²) in [5, 5.41) is 0.108. The summed E-state index contributed by atoms with van der Waals surface area (Å²) >= 11 is 13.5. The summed E-state index contributed by atoms with van der Waals surface area (Å²) in [6.45, 7) is 2.13. The molecule has 0 aliphatic rings. The van der Waals surface area contributed by atoms with Crippen LogP contribution in [0.1, 0.15) is 25.2 Å². The van der Waals surface area contributed by atoms with Crippen molar-refractivity contribution in [3.05, 3.63) is 28.8 Å². The van der Waals surface area contributed by atoms with Crippen LogP contribution in [0.4, 0.5) is 4.39 Å². The van der Waals surface area contributed by atoms with Gasteiger partial charge in [-0.1, -0.05) is 11.6 Å². The lowest BCUT2D eigenvalue weighted by atomic mass is 10.2. The molecule has 110 valence electrons. The number of hydrogen-bond donors (Lipinski definition) is 0. The van der Waals surface area contributed by atoms with Gasteiger partial charge < -0.3 is 4.57 Å². The van der Waals surface area contributed by atoms with E-state index < -0.39 is 5.82 Å². The van der Waals surface area contributed by atoms with Crippen LogP contribution in [0.3, 0.4) is 0 Å². The highest BCUT2D eigenvalue weighted by atomic mass is 35.5. The third kappa shape index (κ3) is 3.23. The number of imidazole rings is 1. The van der Waals surface area contributed by atoms with Crippen LogP contribution in [-0.2, 0) is 6.42 Å². The van der Waals surface area contributed by atoms with Crippen LogP contribution in [-0.4, -0.2) is 27.4 Å². The second-order valence-corrected chi connectivity index (χ2v) is 6.49. The SMILES string of the molecule is CSCCC(C)n1c(CCCl)nc2cc(Cl)c(F)cc21. The number of alkyl halides is 1. The molecule has 0 saturated carbocycles. The molecule has 20 heavy (non-hydrogen) atoms. The van der Waals surface area contributed by atoms with Gasteiger partial charge in [0.15, 0.2) is 0 Å². The molecule has 0 spiro atoms. The van der Waals surface area contributed by atoms with Crippen molar-refractivity contribution in [1.29, 1.82) is 0 Å². The van der Waals surface area contributed by atoms with Crippen LogP contribution < -0.4 is 0 Å². The Kier molecular flexibility index (Phi) is 5.58. The first-order chi connectivity index (χ1) is 9.58. The molecule has 1 aromatic carbocycles. The molecule has 0 fully saturated rings. The van der Waals surface area contributed by atoms with Crippen LogP contribution in [0.15, 0.2) is 12.1 Å². The molecule has 0 aliphatic carbocycles. The minimum absolute atomic E-state index is 0.108. The summed E-state index contributed by atoms with van der Waals surface area (Å²) in [5.74, 6) is 2.03. The molecule has 0 bridgehead atoms. The van der Waals surface area contributed by atoms with Gasteiger partial charge in [0, 0.05) is 24.4 Å². The van der Waals surface area contributed by atoms with E-state index in [9.17, 15) is 4.39 Å². The Balaban J connectivity index is 2.52. The van der Waals surface area contributed by atoms with Gasteiger partial charge in [-0.3, -0.25) is 0 Å². The maximum absolute atomic E-state index is 13.7. The van der Waals surface area contributed by atoms with Crippen LogP contribution in [0.2, 0.25) is 5.02 Å². The Bertz CT molecular complexity index is 600. The summed E-state index contributed by atoms with van der Waals surface area (Å²) in [6.07, 6.45) is 3.75. The zero-order chi connectivity index (χ0) is 14.7. The van der Waals surface area contributed by atoms with E-state index in [0.717, 1.165) is 29.0 Å². The lowest BCUT2D eigenvalue weighted by Gasteiger charge is -2.17. The zero-order valence-electron chi connectivity index (χ0n) is 11.5. The molecule has 0 saturated heterocycles. The number of rotatable bonds is 6. The normalized spacial score (nSPS) is 13.1. The number of aryl methyl sites for hydroxylation is 1. The van der Waals surface area contributed by atoms with E-state index in [0.29, 0.717) is 12.3 Å². The van der Waals surface area contributed by atoms with Crippen molar-refractivity contribution in [2.24, 2.45) is 0 Å². The Hall–Kier alpha value is -0.450. The van der Waals surface area contributed by atoms with Crippen molar-refractivity contribution < 1.29 is 4.39 Å². The van der Waals surface area contributed by atoms with Gasteiger partial charge in [0.1, 0.15) is 11.6 Å². The molecule has 1 atom stereocenters. The maximum atomic E-state index is 13.7. The highest BCUT2D eigenvalue weighted by molar-refractivity contribution is 7.98. The second-order valence-electron chi connectivity index (χ2n) is 4.72. The van der Waals surface area contributed by atoms with Gasteiger partial charge in [-0.2, -0.15) is 11.8 Å². The number of halogens is 3. The van der Waals surface area contributed by atoms with Crippen LogP contribution >= 0.6 is 35.0 Å². The molecular weight excluding hydrogens is 318 g/mol. The van der Waals surface area contributed by atoms with Crippen molar-refractivity contribution >= 4 is 46.0 Å². The number of thioether (sulfide) groups is 1. The summed E-state index contributed by atoms with van der Waals surface area (Å²) in [6, 6.07) is 3.31. The minimum atomic E-state index is -0.408. The predicted molar refractivity (Wildman–Crippen MR) is 86.8 cm³/mol. The second kappa shape index (κ2) is 7.01. The monoisotopic (exact) mass is 334 g/mol. The van der Waals surface area contributed by atoms with E-state index in [4.69, 9.17) is 23.2 Å². The number of nitrogens with zero attached hydrogens (tertiary/aromatic N) is 2. The molecule has 1 aromatic heterocycles. The molecular formula is C14H17Cl2FN2S. The van der Waals surface area contributed by atoms with Gasteiger partial charge in [0.2, 0.25) is 0 Å². The Morgan fingerprint density at radius 2 is 2.20 bits per heavy atom. The van der Waals surface area contributed by atoms with E-state index in [1.807, 2.05) is 0 Å². The molecule has 0 aliphatic heterocycles. The smallest absolute Gasteiger partial charge is 0.144 e. The van der Waals surface area contributed by atoms with Crippen molar-refractivity contribution in [1.82, 2.24) is 9.55 Å². The highest BCUT2D eigenvalue weighted by Crippen LogP contribution is 2.28. The molecule has 6 heteroatoms. The fourth-order valence-electron chi connectivity index (χ4n) is 2.31. The van der Waals surface area contributed by atoms with Crippen molar-refractivity contribution in [2.75, 3.05) is 17.9 Å². The third-order valence-corrected chi connectivity index (χ3v) is 4.43. The number of benzene rings is 1. The van der Waals surface area contributed by atoms with Gasteiger partial charge in [0.05, 0.1) is 16.1 Å². The molecule has 2 rings (SSSR count). The highest BCUT2D eigenvalue weighted by Gasteiger charge is 2.17. The van der Waals surface area contributed by atoms with Gasteiger partial charge in [-0.25, -0.2) is 9.37 Å². The number of aromatic nitrogens is 2. The summed E-state index contributed by atoms with van der Waals surface area (Å²) in [4.78, 5) is 4.55. The molecule has 0 amide bonds. The number of hydrogen-bond acceptors (Lipinski definition) is 2. The first kappa shape index (κ1) is 15.9. The van der Waals surface area contributed by atoms with E-state index in [-0.39, 0.29) is 11.1 Å². The largest absolute Gasteiger partial charge is 0.325 e. The minimum Gasteiger partial charge on any atom is -0.325 e. The Morgan fingerprint density at radius 1 is 1.45 bits per heavy atom. The molecule has 2 aromatic rings. The molecule has 0 N–H and O–H groups in total. The molecule has 1 unspecified atom stereocenters. The Labute approximate surface area is 132 Å². The maximum Gasteiger partial charge on any atom is 0.144 e. The summed E-state index contributed by atoms with van der Waals surface area (Å²) < 4.78 is 15.8. The van der Waals surface area contributed by atoms with Crippen molar-refractivity contribution in [2.45, 2.75) is 25.8 Å². The first-order valence-electron chi connectivity index (χ1n) is 6.49. The van der Waals surface area contributed by atoms with Crippen LogP contribution in [0.25, 0.3) is 11.0 Å². The van der Waals surface area contributed by atoms with E-state index in [1.165, 1.54) is 6.07 Å². The topological polar surface area (TPSA) is 17.8 Å². The predicted octanol–water partition coefficient (Wildman–Crippen LogP) is 4.92. The van der Waals surface area contributed by atoms with Crippen molar-refractivity contribution in [3.8, 4) is 0 Å². The standard InChI is InChI=1S/C14H17Cl2FN2S/c1-9(4-6-20-2)19-13-8-11(17)10(16)7-12(13)18-14(19)3-5-15/h7-9H,3-6H2,1-2H3. The lowest BCUT2D eigenvalue weighted by molar-refractivity contribution is 0.527. The average Bonchev–Trinajstić information content (AvgIpc) is 2.74. The first-order valence-corrected chi connectivity index (χ1v) is 8.79. The van der Waals surface area contributed by atoms with Crippen LogP contribution in [0.5, 0.6) is 0 Å².